The summed E-state index contributed by atoms with van der Waals surface area (Å²) in [5.41, 5.74) is -0.784. The van der Waals surface area contributed by atoms with Gasteiger partial charge in [0.25, 0.3) is 0 Å². The minimum atomic E-state index is -4.89. The summed E-state index contributed by atoms with van der Waals surface area (Å²) in [4.78, 5) is 24.8. The minimum Gasteiger partial charge on any atom is -0.482 e. The zero-order valence-corrected chi connectivity index (χ0v) is 17.1. The normalized spacial score (nSPS) is 11.4. The second-order valence-electron chi connectivity index (χ2n) is 7.09. The summed E-state index contributed by atoms with van der Waals surface area (Å²) in [6.45, 7) is -0.399. The monoisotopic (exact) mass is 454 g/mol. The Kier molecular flexibility index (Phi) is 6.17. The fourth-order valence-electron chi connectivity index (χ4n) is 3.25. The number of fused-ring (bicyclic) bond motifs is 1. The summed E-state index contributed by atoms with van der Waals surface area (Å²) in [6, 6.07) is 20.4. The van der Waals surface area contributed by atoms with Gasteiger partial charge in [0.05, 0.1) is 10.9 Å². The molecule has 0 unspecified atom stereocenters. The van der Waals surface area contributed by atoms with Crippen molar-refractivity contribution in [1.29, 1.82) is 0 Å². The summed E-state index contributed by atoms with van der Waals surface area (Å²) in [7, 11) is 0. The van der Waals surface area contributed by atoms with Crippen LogP contribution in [0.25, 0.3) is 22.1 Å². The van der Waals surface area contributed by atoms with Crippen LogP contribution in [-0.2, 0) is 22.3 Å². The van der Waals surface area contributed by atoms with Crippen LogP contribution in [0.5, 0.6) is 5.75 Å². The summed E-state index contributed by atoms with van der Waals surface area (Å²) >= 11 is 0. The van der Waals surface area contributed by atoms with Crippen LogP contribution in [0, 0.1) is 0 Å². The van der Waals surface area contributed by atoms with E-state index in [1.807, 2.05) is 6.07 Å². The van der Waals surface area contributed by atoms with Gasteiger partial charge in [0, 0.05) is 6.07 Å². The second kappa shape index (κ2) is 9.20. The highest BCUT2D eigenvalue weighted by Gasteiger charge is 2.39. The molecule has 4 aromatic rings. The summed E-state index contributed by atoms with van der Waals surface area (Å²) < 4.78 is 56.6. The molecule has 0 aliphatic rings. The maximum Gasteiger partial charge on any atom is 0.450 e. The predicted molar refractivity (Wildman–Crippen MR) is 115 cm³/mol. The van der Waals surface area contributed by atoms with Crippen molar-refractivity contribution in [2.45, 2.75) is 12.8 Å². The highest BCUT2D eigenvalue weighted by Crippen LogP contribution is 2.37. The first kappa shape index (κ1) is 22.1. The Morgan fingerprint density at radius 3 is 2.24 bits per heavy atom. The van der Waals surface area contributed by atoms with E-state index in [0.29, 0.717) is 0 Å². The van der Waals surface area contributed by atoms with Gasteiger partial charge in [-0.2, -0.15) is 13.2 Å². The van der Waals surface area contributed by atoms with Crippen molar-refractivity contribution >= 4 is 16.9 Å². The van der Waals surface area contributed by atoms with Gasteiger partial charge in [0.15, 0.2) is 6.61 Å². The van der Waals surface area contributed by atoms with Gasteiger partial charge in [-0.05, 0) is 23.3 Å². The third-order valence-electron chi connectivity index (χ3n) is 4.78. The highest BCUT2D eigenvalue weighted by molar-refractivity contribution is 5.84. The first-order valence-electron chi connectivity index (χ1n) is 9.89. The van der Waals surface area contributed by atoms with E-state index in [9.17, 15) is 22.8 Å². The summed E-state index contributed by atoms with van der Waals surface area (Å²) in [5, 5.41) is -0.0409. The molecule has 0 bridgehead atoms. The van der Waals surface area contributed by atoms with Crippen molar-refractivity contribution < 1.29 is 31.9 Å². The molecule has 0 amide bonds. The fraction of sp³-hybridized carbons (Fsp3) is 0.120. The van der Waals surface area contributed by atoms with E-state index in [4.69, 9.17) is 13.9 Å². The van der Waals surface area contributed by atoms with Crippen LogP contribution < -0.4 is 10.2 Å². The standard InChI is InChI=1S/C25H17F3O5/c26-25(27,28)24-22(17-9-5-2-6-10-17)23(30)19-12-11-18(13-20(19)33-24)31-15-21(29)32-14-16-7-3-1-4-8-16/h1-13H,14-15H2. The van der Waals surface area contributed by atoms with Crippen LogP contribution in [0.4, 0.5) is 13.2 Å². The molecule has 0 saturated carbocycles. The molecule has 0 atom stereocenters. The van der Waals surface area contributed by atoms with Crippen molar-refractivity contribution in [3.8, 4) is 16.9 Å². The minimum absolute atomic E-state index is 0.0409. The third-order valence-corrected chi connectivity index (χ3v) is 4.78. The Hall–Kier alpha value is -4.07. The Balaban J connectivity index is 1.58. The number of hydrogen-bond donors (Lipinski definition) is 0. The molecule has 1 aromatic heterocycles. The SMILES string of the molecule is O=C(COc1ccc2c(=O)c(-c3ccccc3)c(C(F)(F)F)oc2c1)OCc1ccccc1. The molecular formula is C25H17F3O5. The van der Waals surface area contributed by atoms with Gasteiger partial charge in [-0.15, -0.1) is 0 Å². The van der Waals surface area contributed by atoms with Crippen molar-refractivity contribution in [2.24, 2.45) is 0 Å². The van der Waals surface area contributed by atoms with E-state index in [-0.39, 0.29) is 28.9 Å². The van der Waals surface area contributed by atoms with E-state index < -0.39 is 35.5 Å². The van der Waals surface area contributed by atoms with E-state index in [1.165, 1.54) is 36.4 Å². The highest BCUT2D eigenvalue weighted by atomic mass is 19.4. The molecule has 0 N–H and O–H groups in total. The number of rotatable bonds is 6. The van der Waals surface area contributed by atoms with Gasteiger partial charge in [-0.1, -0.05) is 60.7 Å². The van der Waals surface area contributed by atoms with Gasteiger partial charge in [0.1, 0.15) is 17.9 Å². The maximum atomic E-state index is 13.7. The number of hydrogen-bond acceptors (Lipinski definition) is 5. The Morgan fingerprint density at radius 2 is 1.58 bits per heavy atom. The molecule has 8 heteroatoms. The lowest BCUT2D eigenvalue weighted by atomic mass is 10.0. The topological polar surface area (TPSA) is 65.7 Å². The van der Waals surface area contributed by atoms with Crippen molar-refractivity contribution in [1.82, 2.24) is 0 Å². The van der Waals surface area contributed by atoms with Crippen LogP contribution >= 0.6 is 0 Å². The number of esters is 1. The summed E-state index contributed by atoms with van der Waals surface area (Å²) in [5.74, 6) is -2.00. The molecule has 5 nitrogen and oxygen atoms in total. The van der Waals surface area contributed by atoms with Crippen molar-refractivity contribution in [3.05, 3.63) is 100 Å². The summed E-state index contributed by atoms with van der Waals surface area (Å²) in [6.07, 6.45) is -4.89. The molecule has 1 heterocycles. The van der Waals surface area contributed by atoms with Gasteiger partial charge in [-0.3, -0.25) is 4.79 Å². The molecule has 0 spiro atoms. The smallest absolute Gasteiger partial charge is 0.450 e. The number of ether oxygens (including phenoxy) is 2. The van der Waals surface area contributed by atoms with E-state index in [2.05, 4.69) is 0 Å². The molecule has 0 fully saturated rings. The van der Waals surface area contributed by atoms with Crippen LogP contribution in [-0.4, -0.2) is 12.6 Å². The molecule has 4 rings (SSSR count). The average Bonchev–Trinajstić information content (AvgIpc) is 2.82. The van der Waals surface area contributed by atoms with Crippen LogP contribution in [0.15, 0.2) is 88.1 Å². The quantitative estimate of drug-likeness (QED) is 0.355. The lowest BCUT2D eigenvalue weighted by Crippen LogP contribution is -2.16. The zero-order chi connectivity index (χ0) is 23.4. The number of halogens is 3. The van der Waals surface area contributed by atoms with Gasteiger partial charge >= 0.3 is 12.1 Å². The van der Waals surface area contributed by atoms with E-state index >= 15 is 0 Å². The molecule has 0 radical (unpaired) electrons. The van der Waals surface area contributed by atoms with Crippen LogP contribution in [0.3, 0.4) is 0 Å². The first-order chi connectivity index (χ1) is 15.8. The largest absolute Gasteiger partial charge is 0.482 e. The lowest BCUT2D eigenvalue weighted by molar-refractivity contribution is -0.152. The molecule has 3 aromatic carbocycles. The molecule has 0 aliphatic carbocycles. The first-order valence-corrected chi connectivity index (χ1v) is 9.89. The second-order valence-corrected chi connectivity index (χ2v) is 7.09. The average molecular weight is 454 g/mol. The van der Waals surface area contributed by atoms with E-state index in [1.54, 1.807) is 30.3 Å². The predicted octanol–water partition coefficient (Wildman–Crippen LogP) is 5.60. The van der Waals surface area contributed by atoms with Crippen LogP contribution in [0.2, 0.25) is 0 Å². The molecule has 0 aliphatic heterocycles. The Bertz CT molecular complexity index is 1330. The Morgan fingerprint density at radius 1 is 0.909 bits per heavy atom. The Labute approximate surface area is 186 Å². The van der Waals surface area contributed by atoms with Crippen molar-refractivity contribution in [3.63, 3.8) is 0 Å². The molecular weight excluding hydrogens is 437 g/mol. The third kappa shape index (κ3) is 5.06. The molecule has 33 heavy (non-hydrogen) atoms. The molecule has 0 saturated heterocycles. The number of carbonyl (C=O) groups is 1. The van der Waals surface area contributed by atoms with E-state index in [0.717, 1.165) is 11.6 Å². The van der Waals surface area contributed by atoms with Gasteiger partial charge in [0.2, 0.25) is 11.2 Å². The van der Waals surface area contributed by atoms with Crippen LogP contribution in [0.1, 0.15) is 11.3 Å². The lowest BCUT2D eigenvalue weighted by Gasteiger charge is -2.13. The zero-order valence-electron chi connectivity index (χ0n) is 17.1. The van der Waals surface area contributed by atoms with Gasteiger partial charge < -0.3 is 13.9 Å². The number of alkyl halides is 3. The number of benzene rings is 3. The molecule has 168 valence electrons. The van der Waals surface area contributed by atoms with Crippen molar-refractivity contribution in [2.75, 3.05) is 6.61 Å². The number of carbonyl (C=O) groups excluding carboxylic acids is 1. The van der Waals surface area contributed by atoms with Gasteiger partial charge in [-0.25, -0.2) is 4.79 Å². The maximum absolute atomic E-state index is 13.7. The fourth-order valence-corrected chi connectivity index (χ4v) is 3.25.